The van der Waals surface area contributed by atoms with Crippen LogP contribution in [0.15, 0.2) is 16.8 Å². The van der Waals surface area contributed by atoms with Gasteiger partial charge in [0.15, 0.2) is 0 Å². The Kier molecular flexibility index (Phi) is 4.02. The molecule has 2 N–H and O–H groups in total. The predicted molar refractivity (Wildman–Crippen MR) is 77.9 cm³/mol. The first kappa shape index (κ1) is 12.6. The van der Waals surface area contributed by atoms with E-state index >= 15 is 0 Å². The fourth-order valence-electron chi connectivity index (χ4n) is 3.74. The van der Waals surface area contributed by atoms with Crippen molar-refractivity contribution in [3.63, 3.8) is 0 Å². The number of nitrogens with two attached hydrogens (primary N) is 1. The van der Waals surface area contributed by atoms with Gasteiger partial charge in [-0.25, -0.2) is 0 Å². The molecule has 0 amide bonds. The molecular formula is C15H24N2S. The molecule has 1 aromatic rings. The smallest absolute Gasteiger partial charge is 0.0171 e. The van der Waals surface area contributed by atoms with Crippen molar-refractivity contribution in [2.24, 2.45) is 11.7 Å². The van der Waals surface area contributed by atoms with Crippen LogP contribution in [0.5, 0.6) is 0 Å². The zero-order valence-electron chi connectivity index (χ0n) is 11.1. The van der Waals surface area contributed by atoms with Crippen LogP contribution >= 0.6 is 11.3 Å². The van der Waals surface area contributed by atoms with Crippen molar-refractivity contribution in [3.8, 4) is 0 Å². The van der Waals surface area contributed by atoms with Gasteiger partial charge in [0, 0.05) is 25.2 Å². The molecule has 0 radical (unpaired) electrons. The highest BCUT2D eigenvalue weighted by Crippen LogP contribution is 2.29. The van der Waals surface area contributed by atoms with Crippen LogP contribution < -0.4 is 5.73 Å². The third kappa shape index (κ3) is 2.95. The molecule has 2 fully saturated rings. The van der Waals surface area contributed by atoms with Gasteiger partial charge in [0.05, 0.1) is 0 Å². The van der Waals surface area contributed by atoms with E-state index < -0.39 is 0 Å². The first-order chi connectivity index (χ1) is 8.81. The van der Waals surface area contributed by atoms with E-state index in [0.29, 0.717) is 6.04 Å². The average Bonchev–Trinajstić information content (AvgIpc) is 3.00. The van der Waals surface area contributed by atoms with Crippen LogP contribution in [0.1, 0.15) is 37.7 Å². The average molecular weight is 264 g/mol. The van der Waals surface area contributed by atoms with E-state index in [4.69, 9.17) is 5.73 Å². The number of piperidine rings is 1. The maximum atomic E-state index is 6.27. The normalized spacial score (nSPS) is 30.9. The molecule has 1 aliphatic carbocycles. The van der Waals surface area contributed by atoms with E-state index in [-0.39, 0.29) is 0 Å². The molecule has 1 aliphatic heterocycles. The largest absolute Gasteiger partial charge is 0.327 e. The van der Waals surface area contributed by atoms with Crippen molar-refractivity contribution in [2.75, 3.05) is 13.1 Å². The Bertz CT molecular complexity index is 357. The Balaban J connectivity index is 1.61. The monoisotopic (exact) mass is 264 g/mol. The van der Waals surface area contributed by atoms with Gasteiger partial charge in [-0.3, -0.25) is 4.90 Å². The molecule has 3 heteroatoms. The first-order valence-electron chi connectivity index (χ1n) is 7.32. The Morgan fingerprint density at radius 3 is 2.83 bits per heavy atom. The summed E-state index contributed by atoms with van der Waals surface area (Å²) in [6.45, 7) is 2.40. The molecule has 1 aromatic heterocycles. The number of nitrogens with zero attached hydrogens (tertiary/aromatic N) is 1. The van der Waals surface area contributed by atoms with Crippen LogP contribution in [0.3, 0.4) is 0 Å². The highest BCUT2D eigenvalue weighted by molar-refractivity contribution is 7.07. The summed E-state index contributed by atoms with van der Waals surface area (Å²) in [6.07, 6.45) is 8.08. The van der Waals surface area contributed by atoms with E-state index in [9.17, 15) is 0 Å². The van der Waals surface area contributed by atoms with Crippen LogP contribution in [0.2, 0.25) is 0 Å². The van der Waals surface area contributed by atoms with E-state index in [1.54, 1.807) is 0 Å². The summed E-state index contributed by atoms with van der Waals surface area (Å²) in [6, 6.07) is 3.49. The lowest BCUT2D eigenvalue weighted by atomic mass is 9.89. The molecule has 2 unspecified atom stereocenters. The third-order valence-corrected chi connectivity index (χ3v) is 5.28. The molecule has 18 heavy (non-hydrogen) atoms. The lowest BCUT2D eigenvalue weighted by molar-refractivity contribution is 0.111. The van der Waals surface area contributed by atoms with E-state index in [2.05, 4.69) is 21.7 Å². The first-order valence-corrected chi connectivity index (χ1v) is 8.26. The standard InChI is InChI=1S/C15H24N2S/c16-14-8-13(7-12-5-6-18-11-12)9-17(10-14)15-3-1-2-4-15/h5-6,11,13-15H,1-4,7-10,16H2. The van der Waals surface area contributed by atoms with Gasteiger partial charge in [0.1, 0.15) is 0 Å². The second kappa shape index (κ2) is 5.72. The summed E-state index contributed by atoms with van der Waals surface area (Å²) in [5.41, 5.74) is 7.78. The van der Waals surface area contributed by atoms with Gasteiger partial charge in [-0.05, 0) is 54.0 Å². The zero-order chi connectivity index (χ0) is 12.4. The summed E-state index contributed by atoms with van der Waals surface area (Å²) in [7, 11) is 0. The lowest BCUT2D eigenvalue weighted by Crippen LogP contribution is -2.50. The van der Waals surface area contributed by atoms with Crippen molar-refractivity contribution in [1.29, 1.82) is 0 Å². The zero-order valence-corrected chi connectivity index (χ0v) is 11.9. The minimum Gasteiger partial charge on any atom is -0.327 e. The third-order valence-electron chi connectivity index (χ3n) is 4.54. The lowest BCUT2D eigenvalue weighted by Gasteiger charge is -2.39. The van der Waals surface area contributed by atoms with Gasteiger partial charge in [-0.2, -0.15) is 11.3 Å². The maximum Gasteiger partial charge on any atom is 0.0171 e. The van der Waals surface area contributed by atoms with Gasteiger partial charge >= 0.3 is 0 Å². The molecule has 2 heterocycles. The Morgan fingerprint density at radius 1 is 1.28 bits per heavy atom. The molecule has 0 aromatic carbocycles. The fraction of sp³-hybridized carbons (Fsp3) is 0.733. The van der Waals surface area contributed by atoms with Gasteiger partial charge in [-0.1, -0.05) is 12.8 Å². The molecular weight excluding hydrogens is 240 g/mol. The Morgan fingerprint density at radius 2 is 2.11 bits per heavy atom. The van der Waals surface area contributed by atoms with Crippen LogP contribution in [0.4, 0.5) is 0 Å². The summed E-state index contributed by atoms with van der Waals surface area (Å²) in [4.78, 5) is 2.69. The summed E-state index contributed by atoms with van der Waals surface area (Å²) >= 11 is 1.81. The molecule has 1 saturated carbocycles. The molecule has 100 valence electrons. The Hall–Kier alpha value is -0.380. The minimum absolute atomic E-state index is 0.392. The summed E-state index contributed by atoms with van der Waals surface area (Å²) < 4.78 is 0. The molecule has 2 atom stereocenters. The minimum atomic E-state index is 0.392. The van der Waals surface area contributed by atoms with E-state index in [0.717, 1.165) is 18.5 Å². The number of likely N-dealkylation sites (tertiary alicyclic amines) is 1. The van der Waals surface area contributed by atoms with Gasteiger partial charge < -0.3 is 5.73 Å². The number of hydrogen-bond donors (Lipinski definition) is 1. The van der Waals surface area contributed by atoms with Gasteiger partial charge in [0.2, 0.25) is 0 Å². The summed E-state index contributed by atoms with van der Waals surface area (Å²) in [5.74, 6) is 0.768. The number of thiophene rings is 1. The second-order valence-electron chi connectivity index (χ2n) is 6.09. The molecule has 0 bridgehead atoms. The van der Waals surface area contributed by atoms with E-state index in [1.165, 1.54) is 50.6 Å². The van der Waals surface area contributed by atoms with Crippen LogP contribution in [0, 0.1) is 5.92 Å². The van der Waals surface area contributed by atoms with Crippen LogP contribution in [0.25, 0.3) is 0 Å². The van der Waals surface area contributed by atoms with Crippen molar-refractivity contribution in [2.45, 2.75) is 50.6 Å². The van der Waals surface area contributed by atoms with Gasteiger partial charge in [-0.15, -0.1) is 0 Å². The number of hydrogen-bond acceptors (Lipinski definition) is 3. The number of rotatable bonds is 3. The molecule has 2 aliphatic rings. The highest BCUT2D eigenvalue weighted by atomic mass is 32.1. The van der Waals surface area contributed by atoms with Crippen molar-refractivity contribution in [3.05, 3.63) is 22.4 Å². The predicted octanol–water partition coefficient (Wildman–Crippen LogP) is 2.88. The quantitative estimate of drug-likeness (QED) is 0.909. The topological polar surface area (TPSA) is 29.3 Å². The molecule has 2 nitrogen and oxygen atoms in total. The van der Waals surface area contributed by atoms with Crippen molar-refractivity contribution < 1.29 is 0 Å². The SMILES string of the molecule is NC1CC(Cc2ccsc2)CN(C2CCCC2)C1. The molecule has 1 saturated heterocycles. The Labute approximate surface area is 114 Å². The maximum absolute atomic E-state index is 6.27. The van der Waals surface area contributed by atoms with E-state index in [1.807, 2.05) is 11.3 Å². The summed E-state index contributed by atoms with van der Waals surface area (Å²) in [5, 5.41) is 4.48. The molecule has 0 spiro atoms. The fourth-order valence-corrected chi connectivity index (χ4v) is 4.42. The van der Waals surface area contributed by atoms with Crippen LogP contribution in [-0.4, -0.2) is 30.1 Å². The highest BCUT2D eigenvalue weighted by Gasteiger charge is 2.31. The van der Waals surface area contributed by atoms with Crippen molar-refractivity contribution in [1.82, 2.24) is 4.90 Å². The van der Waals surface area contributed by atoms with Gasteiger partial charge in [0.25, 0.3) is 0 Å². The van der Waals surface area contributed by atoms with Crippen molar-refractivity contribution >= 4 is 11.3 Å². The molecule has 3 rings (SSSR count). The second-order valence-corrected chi connectivity index (χ2v) is 6.87. The van der Waals surface area contributed by atoms with Crippen LogP contribution in [-0.2, 0) is 6.42 Å².